The van der Waals surface area contributed by atoms with E-state index in [2.05, 4.69) is 59.4 Å². The highest BCUT2D eigenvalue weighted by Gasteiger charge is 2.21. The zero-order chi connectivity index (χ0) is 46.8. The molecule has 0 saturated carbocycles. The van der Waals surface area contributed by atoms with Crippen molar-refractivity contribution in [1.29, 1.82) is 0 Å². The van der Waals surface area contributed by atoms with Crippen LogP contribution in [0, 0.1) is 0 Å². The first kappa shape index (κ1) is 61.3. The van der Waals surface area contributed by atoms with Gasteiger partial charge < -0.3 is 32.7 Å². The Morgan fingerprint density at radius 1 is 0.375 bits per heavy atom. The normalized spacial score (nSPS) is 12.5. The van der Waals surface area contributed by atoms with E-state index in [4.69, 9.17) is 11.5 Å². The highest BCUT2D eigenvalue weighted by molar-refractivity contribution is 5.88. The Labute approximate surface area is 394 Å². The van der Waals surface area contributed by atoms with Crippen molar-refractivity contribution in [2.24, 2.45) is 11.5 Å². The molecule has 4 amide bonds. The molecule has 8 N–H and O–H groups in total. The fraction of sp³-hybridized carbons (Fsp3) is 0.852. The van der Waals surface area contributed by atoms with Gasteiger partial charge in [-0.3, -0.25) is 19.2 Å². The van der Waals surface area contributed by atoms with Gasteiger partial charge >= 0.3 is 0 Å². The maximum atomic E-state index is 13.1. The van der Waals surface area contributed by atoms with Gasteiger partial charge in [0.25, 0.3) is 0 Å². The first-order valence-corrected chi connectivity index (χ1v) is 27.2. The minimum Gasteiger partial charge on any atom is -0.354 e. The molecule has 0 aromatic carbocycles. The van der Waals surface area contributed by atoms with Crippen molar-refractivity contribution in [3.8, 4) is 0 Å². The molecular weight excluding hydrogens is 797 g/mol. The Kier molecular flexibility index (Phi) is 47.6. The summed E-state index contributed by atoms with van der Waals surface area (Å²) in [4.78, 5) is 51.9. The van der Waals surface area contributed by atoms with Gasteiger partial charge in [0.1, 0.15) is 12.1 Å². The number of unbranched alkanes of at least 4 members (excludes halogenated alkanes) is 27. The van der Waals surface area contributed by atoms with Gasteiger partial charge in [0.05, 0.1) is 0 Å². The molecule has 2 atom stereocenters. The highest BCUT2D eigenvalue weighted by Crippen LogP contribution is 2.13. The summed E-state index contributed by atoms with van der Waals surface area (Å²) in [6.45, 7) is 6.85. The molecule has 0 saturated heterocycles. The van der Waals surface area contributed by atoms with Crippen LogP contribution in [-0.2, 0) is 19.2 Å². The van der Waals surface area contributed by atoms with Gasteiger partial charge in [-0.15, -0.1) is 0 Å². The zero-order valence-electron chi connectivity index (χ0n) is 42.0. The van der Waals surface area contributed by atoms with Crippen molar-refractivity contribution in [2.75, 3.05) is 26.2 Å². The standard InChI is InChI=1S/C54H104N6O4/c1-3-5-7-9-11-13-15-17-19-21-23-25-27-29-31-39-47-57-53(63)49(41-35-37-45-55)59-51(61)43-33-34-44-52(62)60-50(42-36-38-46-56)54(64)58-48-40-32-30-28-26-24-22-20-18-16-14-12-10-8-6-4-2/h17-20,49-50H,3-16,21-48,55-56H2,1-2H3,(H,57,63)(H,58,64)(H,59,61)(H,60,62)/b19-17-,20-18-. The molecule has 10 heteroatoms. The van der Waals surface area contributed by atoms with Crippen LogP contribution in [0.1, 0.15) is 258 Å². The van der Waals surface area contributed by atoms with Gasteiger partial charge in [0, 0.05) is 25.9 Å². The van der Waals surface area contributed by atoms with Crippen LogP contribution in [-0.4, -0.2) is 61.9 Å². The molecule has 0 fully saturated rings. The second kappa shape index (κ2) is 49.7. The van der Waals surface area contributed by atoms with Gasteiger partial charge in [-0.2, -0.15) is 0 Å². The van der Waals surface area contributed by atoms with Crippen molar-refractivity contribution in [3.05, 3.63) is 24.3 Å². The van der Waals surface area contributed by atoms with Crippen LogP contribution in [0.2, 0.25) is 0 Å². The van der Waals surface area contributed by atoms with Crippen LogP contribution in [0.25, 0.3) is 0 Å². The zero-order valence-corrected chi connectivity index (χ0v) is 42.0. The Bertz CT molecular complexity index is 1050. The largest absolute Gasteiger partial charge is 0.354 e. The van der Waals surface area contributed by atoms with Crippen LogP contribution in [0.3, 0.4) is 0 Å². The molecule has 374 valence electrons. The monoisotopic (exact) mass is 901 g/mol. The Morgan fingerprint density at radius 2 is 0.672 bits per heavy atom. The Balaban J connectivity index is 4.29. The number of allylic oxidation sites excluding steroid dienone is 4. The molecule has 10 nitrogen and oxygen atoms in total. The first-order valence-electron chi connectivity index (χ1n) is 27.2. The predicted molar refractivity (Wildman–Crippen MR) is 273 cm³/mol. The van der Waals surface area contributed by atoms with Crippen LogP contribution in [0.5, 0.6) is 0 Å². The molecule has 0 aromatic rings. The van der Waals surface area contributed by atoms with Crippen molar-refractivity contribution >= 4 is 23.6 Å². The van der Waals surface area contributed by atoms with Crippen LogP contribution in [0.15, 0.2) is 24.3 Å². The summed E-state index contributed by atoms with van der Waals surface area (Å²) in [5.41, 5.74) is 11.4. The van der Waals surface area contributed by atoms with Crippen molar-refractivity contribution in [1.82, 2.24) is 21.3 Å². The summed E-state index contributed by atoms with van der Waals surface area (Å²) >= 11 is 0. The lowest BCUT2D eigenvalue weighted by Crippen LogP contribution is -2.47. The third-order valence-corrected chi connectivity index (χ3v) is 12.2. The fourth-order valence-corrected chi connectivity index (χ4v) is 8.04. The van der Waals surface area contributed by atoms with E-state index >= 15 is 0 Å². The molecule has 0 spiro atoms. The second-order valence-corrected chi connectivity index (χ2v) is 18.5. The molecular formula is C54H104N6O4. The smallest absolute Gasteiger partial charge is 0.242 e. The Hall–Kier alpha value is -2.72. The summed E-state index contributed by atoms with van der Waals surface area (Å²) in [6.07, 6.45) is 50.0. The molecule has 0 radical (unpaired) electrons. The number of carbonyl (C=O) groups is 4. The lowest BCUT2D eigenvalue weighted by molar-refractivity contribution is -0.129. The molecule has 0 aliphatic rings. The number of nitrogens with two attached hydrogens (primary N) is 2. The summed E-state index contributed by atoms with van der Waals surface area (Å²) in [5, 5.41) is 12.0. The summed E-state index contributed by atoms with van der Waals surface area (Å²) in [5.74, 6) is -0.639. The summed E-state index contributed by atoms with van der Waals surface area (Å²) < 4.78 is 0. The minimum atomic E-state index is -0.582. The number of carbonyl (C=O) groups excluding carboxylic acids is 4. The first-order chi connectivity index (χ1) is 31.4. The molecule has 64 heavy (non-hydrogen) atoms. The number of hydrogen-bond acceptors (Lipinski definition) is 6. The third-order valence-electron chi connectivity index (χ3n) is 12.2. The van der Waals surface area contributed by atoms with Crippen molar-refractivity contribution in [2.45, 2.75) is 270 Å². The van der Waals surface area contributed by atoms with E-state index in [-0.39, 0.29) is 36.5 Å². The minimum absolute atomic E-state index is 0.135. The maximum absolute atomic E-state index is 13.1. The van der Waals surface area contributed by atoms with E-state index in [1.807, 2.05) is 0 Å². The van der Waals surface area contributed by atoms with Crippen LogP contribution in [0.4, 0.5) is 0 Å². The van der Waals surface area contributed by atoms with Gasteiger partial charge in [0.2, 0.25) is 23.6 Å². The van der Waals surface area contributed by atoms with Gasteiger partial charge in [-0.1, -0.05) is 154 Å². The topological polar surface area (TPSA) is 168 Å². The quantitative estimate of drug-likeness (QED) is 0.0262. The molecule has 0 bridgehead atoms. The van der Waals surface area contributed by atoms with E-state index in [1.165, 1.54) is 154 Å². The molecule has 2 unspecified atom stereocenters. The second-order valence-electron chi connectivity index (χ2n) is 18.5. The fourth-order valence-electron chi connectivity index (χ4n) is 8.04. The lowest BCUT2D eigenvalue weighted by Gasteiger charge is -2.19. The number of amides is 4. The predicted octanol–water partition coefficient (Wildman–Crippen LogP) is 12.1. The van der Waals surface area contributed by atoms with Gasteiger partial charge in [-0.05, 0) is 129 Å². The number of hydrogen-bond donors (Lipinski definition) is 6. The number of nitrogens with one attached hydrogen (secondary N) is 4. The van der Waals surface area contributed by atoms with Crippen LogP contribution >= 0.6 is 0 Å². The average molecular weight is 901 g/mol. The number of rotatable bonds is 49. The van der Waals surface area contributed by atoms with E-state index in [0.29, 0.717) is 51.9 Å². The highest BCUT2D eigenvalue weighted by atomic mass is 16.2. The van der Waals surface area contributed by atoms with E-state index in [0.717, 1.165) is 51.4 Å². The summed E-state index contributed by atoms with van der Waals surface area (Å²) in [6, 6.07) is -1.16. The van der Waals surface area contributed by atoms with Crippen molar-refractivity contribution in [3.63, 3.8) is 0 Å². The lowest BCUT2D eigenvalue weighted by atomic mass is 10.1. The molecule has 0 heterocycles. The van der Waals surface area contributed by atoms with E-state index in [9.17, 15) is 19.2 Å². The molecule has 0 aliphatic carbocycles. The molecule has 0 rings (SSSR count). The summed E-state index contributed by atoms with van der Waals surface area (Å²) in [7, 11) is 0. The maximum Gasteiger partial charge on any atom is 0.242 e. The van der Waals surface area contributed by atoms with E-state index in [1.54, 1.807) is 0 Å². The molecule has 0 aliphatic heterocycles. The van der Waals surface area contributed by atoms with Crippen LogP contribution < -0.4 is 32.7 Å². The van der Waals surface area contributed by atoms with Gasteiger partial charge in [-0.25, -0.2) is 0 Å². The van der Waals surface area contributed by atoms with Crippen molar-refractivity contribution < 1.29 is 19.2 Å². The Morgan fingerprint density at radius 3 is 0.984 bits per heavy atom. The van der Waals surface area contributed by atoms with Gasteiger partial charge in [0.15, 0.2) is 0 Å². The molecule has 0 aromatic heterocycles. The third kappa shape index (κ3) is 43.2. The SMILES string of the molecule is CCCCCCCC/C=C\CCCCCCCCNC(=O)C(CCCCN)NC(=O)CCCCC(=O)NC(CCCCN)C(=O)NCCCCCCCC/C=C\CCCCCCCC. The van der Waals surface area contributed by atoms with E-state index < -0.39 is 12.1 Å². The average Bonchev–Trinajstić information content (AvgIpc) is 3.29.